The second-order valence-corrected chi connectivity index (χ2v) is 7.30. The van der Waals surface area contributed by atoms with Crippen molar-refractivity contribution < 1.29 is 4.74 Å². The Labute approximate surface area is 149 Å². The van der Waals surface area contributed by atoms with Crippen molar-refractivity contribution >= 4 is 17.6 Å². The Kier molecular flexibility index (Phi) is 5.82. The standard InChI is InChI=1S/C20H26N2OS/c1-4-23-13-7-12-21-20-16-8-5-6-9-18(16)22(3)24-19-14-15(2)10-11-17(19)20/h5-6,8-11,14,20-21H,4,7,12-13H2,1-3H3. The van der Waals surface area contributed by atoms with E-state index in [0.717, 1.165) is 26.2 Å². The Hall–Kier alpha value is -1.49. The number of hydrogen-bond acceptors (Lipinski definition) is 4. The van der Waals surface area contributed by atoms with E-state index in [1.165, 1.54) is 27.3 Å². The van der Waals surface area contributed by atoms with Crippen LogP contribution in [0.4, 0.5) is 5.69 Å². The average molecular weight is 343 g/mol. The van der Waals surface area contributed by atoms with E-state index in [-0.39, 0.29) is 6.04 Å². The summed E-state index contributed by atoms with van der Waals surface area (Å²) in [5.74, 6) is 0. The zero-order valence-corrected chi connectivity index (χ0v) is 15.5. The molecule has 3 nitrogen and oxygen atoms in total. The van der Waals surface area contributed by atoms with E-state index in [2.05, 4.69) is 66.1 Å². The van der Waals surface area contributed by atoms with Crippen LogP contribution in [0.1, 0.15) is 36.1 Å². The van der Waals surface area contributed by atoms with Crippen LogP contribution in [-0.2, 0) is 4.74 Å². The highest BCUT2D eigenvalue weighted by Gasteiger charge is 2.25. The van der Waals surface area contributed by atoms with Gasteiger partial charge in [-0.15, -0.1) is 0 Å². The second-order valence-electron chi connectivity index (χ2n) is 6.13. The zero-order valence-electron chi connectivity index (χ0n) is 14.7. The lowest BCUT2D eigenvalue weighted by atomic mass is 9.96. The molecule has 0 saturated carbocycles. The van der Waals surface area contributed by atoms with E-state index >= 15 is 0 Å². The van der Waals surface area contributed by atoms with Gasteiger partial charge in [0.15, 0.2) is 0 Å². The highest BCUT2D eigenvalue weighted by Crippen LogP contribution is 2.43. The third-order valence-corrected chi connectivity index (χ3v) is 5.34. The molecule has 0 saturated heterocycles. The van der Waals surface area contributed by atoms with Gasteiger partial charge in [0.05, 0.1) is 11.7 Å². The summed E-state index contributed by atoms with van der Waals surface area (Å²) in [6.45, 7) is 6.74. The van der Waals surface area contributed by atoms with Crippen LogP contribution in [0.15, 0.2) is 47.4 Å². The van der Waals surface area contributed by atoms with Gasteiger partial charge in [0.2, 0.25) is 0 Å². The van der Waals surface area contributed by atoms with E-state index in [0.29, 0.717) is 0 Å². The van der Waals surface area contributed by atoms with E-state index < -0.39 is 0 Å². The van der Waals surface area contributed by atoms with Crippen molar-refractivity contribution in [2.45, 2.75) is 31.2 Å². The molecule has 0 spiro atoms. The maximum atomic E-state index is 5.47. The number of hydrogen-bond donors (Lipinski definition) is 1. The third kappa shape index (κ3) is 3.77. The number of nitrogens with one attached hydrogen (secondary N) is 1. The summed E-state index contributed by atoms with van der Waals surface area (Å²) in [6.07, 6.45) is 1.02. The highest BCUT2D eigenvalue weighted by molar-refractivity contribution is 8.00. The predicted octanol–water partition coefficient (Wildman–Crippen LogP) is 4.56. The fourth-order valence-electron chi connectivity index (χ4n) is 3.13. The molecular weight excluding hydrogens is 316 g/mol. The molecule has 0 fully saturated rings. The minimum Gasteiger partial charge on any atom is -0.382 e. The van der Waals surface area contributed by atoms with Crippen LogP contribution in [-0.4, -0.2) is 26.8 Å². The van der Waals surface area contributed by atoms with Gasteiger partial charge in [-0.2, -0.15) is 0 Å². The Morgan fingerprint density at radius 2 is 2.00 bits per heavy atom. The van der Waals surface area contributed by atoms with Gasteiger partial charge in [0.1, 0.15) is 0 Å². The first-order valence-corrected chi connectivity index (χ1v) is 9.40. The topological polar surface area (TPSA) is 24.5 Å². The van der Waals surface area contributed by atoms with Crippen LogP contribution < -0.4 is 9.62 Å². The molecule has 1 unspecified atom stereocenters. The normalized spacial score (nSPS) is 16.5. The van der Waals surface area contributed by atoms with Gasteiger partial charge < -0.3 is 14.4 Å². The summed E-state index contributed by atoms with van der Waals surface area (Å²) in [5.41, 5.74) is 5.28. The number of rotatable bonds is 6. The first kappa shape index (κ1) is 17.3. The molecule has 2 aromatic carbocycles. The molecule has 0 amide bonds. The van der Waals surface area contributed by atoms with Crippen LogP contribution in [0.5, 0.6) is 0 Å². The van der Waals surface area contributed by atoms with E-state index in [1.807, 2.05) is 18.9 Å². The number of fused-ring (bicyclic) bond motifs is 2. The minimum atomic E-state index is 0.218. The smallest absolute Gasteiger partial charge is 0.0609 e. The van der Waals surface area contributed by atoms with Crippen LogP contribution in [0.25, 0.3) is 0 Å². The largest absolute Gasteiger partial charge is 0.382 e. The van der Waals surface area contributed by atoms with Crippen molar-refractivity contribution in [3.05, 3.63) is 59.2 Å². The summed E-state index contributed by atoms with van der Waals surface area (Å²) in [6, 6.07) is 15.7. The molecule has 0 aromatic heterocycles. The quantitative estimate of drug-likeness (QED) is 0.614. The van der Waals surface area contributed by atoms with Crippen LogP contribution in [0.2, 0.25) is 0 Å². The van der Waals surface area contributed by atoms with Gasteiger partial charge in [-0.25, -0.2) is 0 Å². The molecule has 0 radical (unpaired) electrons. The molecule has 4 heteroatoms. The third-order valence-electron chi connectivity index (χ3n) is 4.32. The first-order valence-electron chi connectivity index (χ1n) is 8.63. The fraction of sp³-hybridized carbons (Fsp3) is 0.400. The van der Waals surface area contributed by atoms with Gasteiger partial charge in [-0.05, 0) is 67.6 Å². The molecule has 1 aliphatic heterocycles. The monoisotopic (exact) mass is 342 g/mol. The van der Waals surface area contributed by atoms with Crippen molar-refractivity contribution in [3.63, 3.8) is 0 Å². The number of benzene rings is 2. The minimum absolute atomic E-state index is 0.218. The molecule has 3 rings (SSSR count). The number of para-hydroxylation sites is 1. The Balaban J connectivity index is 1.91. The van der Waals surface area contributed by atoms with E-state index in [4.69, 9.17) is 4.74 Å². The average Bonchev–Trinajstić information content (AvgIpc) is 2.69. The van der Waals surface area contributed by atoms with Crippen molar-refractivity contribution in [1.82, 2.24) is 5.32 Å². The van der Waals surface area contributed by atoms with Crippen molar-refractivity contribution in [2.75, 3.05) is 31.1 Å². The van der Waals surface area contributed by atoms with Crippen molar-refractivity contribution in [2.24, 2.45) is 0 Å². The molecule has 24 heavy (non-hydrogen) atoms. The van der Waals surface area contributed by atoms with Gasteiger partial charge in [0, 0.05) is 25.2 Å². The molecular formula is C20H26N2OS. The molecule has 1 N–H and O–H groups in total. The molecule has 128 valence electrons. The van der Waals surface area contributed by atoms with Gasteiger partial charge in [-0.1, -0.05) is 30.3 Å². The van der Waals surface area contributed by atoms with Crippen molar-refractivity contribution in [3.8, 4) is 0 Å². The first-order chi connectivity index (χ1) is 11.7. The Morgan fingerprint density at radius 1 is 1.17 bits per heavy atom. The second kappa shape index (κ2) is 8.06. The number of nitrogens with zero attached hydrogens (tertiary/aromatic N) is 1. The number of anilines is 1. The summed E-state index contributed by atoms with van der Waals surface area (Å²) >= 11 is 1.81. The van der Waals surface area contributed by atoms with Crippen LogP contribution in [0, 0.1) is 6.92 Å². The zero-order chi connectivity index (χ0) is 16.9. The summed E-state index contributed by atoms with van der Waals surface area (Å²) in [4.78, 5) is 1.33. The SMILES string of the molecule is CCOCCCNC1c2ccc(C)cc2SN(C)c2ccccc21. The molecule has 1 heterocycles. The van der Waals surface area contributed by atoms with Crippen molar-refractivity contribution in [1.29, 1.82) is 0 Å². The molecule has 2 aromatic rings. The Bertz CT molecular complexity index is 689. The highest BCUT2D eigenvalue weighted by atomic mass is 32.2. The fourth-order valence-corrected chi connectivity index (χ4v) is 4.22. The molecule has 0 bridgehead atoms. The Morgan fingerprint density at radius 3 is 2.83 bits per heavy atom. The molecule has 0 aliphatic carbocycles. The number of ether oxygens (including phenoxy) is 1. The maximum absolute atomic E-state index is 5.47. The van der Waals surface area contributed by atoms with E-state index in [1.54, 1.807) is 0 Å². The lowest BCUT2D eigenvalue weighted by molar-refractivity contribution is 0.144. The van der Waals surface area contributed by atoms with E-state index in [9.17, 15) is 0 Å². The number of aryl methyl sites for hydroxylation is 1. The summed E-state index contributed by atoms with van der Waals surface area (Å²) < 4.78 is 7.74. The van der Waals surface area contributed by atoms with Gasteiger partial charge >= 0.3 is 0 Å². The summed E-state index contributed by atoms with van der Waals surface area (Å²) in [7, 11) is 2.15. The van der Waals surface area contributed by atoms with Crippen LogP contribution in [0.3, 0.4) is 0 Å². The van der Waals surface area contributed by atoms with Gasteiger partial charge in [0.25, 0.3) is 0 Å². The summed E-state index contributed by atoms with van der Waals surface area (Å²) in [5, 5.41) is 3.75. The molecule has 1 atom stereocenters. The predicted molar refractivity (Wildman–Crippen MR) is 103 cm³/mol. The molecule has 1 aliphatic rings. The lowest BCUT2D eigenvalue weighted by Gasteiger charge is -2.22. The van der Waals surface area contributed by atoms with Gasteiger partial charge in [-0.3, -0.25) is 0 Å². The lowest BCUT2D eigenvalue weighted by Crippen LogP contribution is -2.25. The van der Waals surface area contributed by atoms with Crippen LogP contribution >= 0.6 is 11.9 Å². The maximum Gasteiger partial charge on any atom is 0.0609 e.